The van der Waals surface area contributed by atoms with Gasteiger partial charge in [-0.3, -0.25) is 0 Å². The maximum Gasteiger partial charge on any atom is 0.337 e. The number of anilines is 1. The van der Waals surface area contributed by atoms with E-state index in [0.717, 1.165) is 12.1 Å². The van der Waals surface area contributed by atoms with Crippen molar-refractivity contribution in [2.45, 2.75) is 26.3 Å². The number of carbonyl (C=O) groups is 1. The summed E-state index contributed by atoms with van der Waals surface area (Å²) in [4.78, 5) is 11.2. The molecule has 1 atom stereocenters. The zero-order chi connectivity index (χ0) is 11.3. The third-order valence-corrected chi connectivity index (χ3v) is 2.33. The molecule has 0 saturated heterocycles. The van der Waals surface area contributed by atoms with Crippen molar-refractivity contribution in [2.75, 3.05) is 12.4 Å². The van der Waals surface area contributed by atoms with Crippen LogP contribution in [0.2, 0.25) is 0 Å². The molecule has 3 heteroatoms. The van der Waals surface area contributed by atoms with Gasteiger partial charge in [-0.15, -0.1) is 0 Å². The van der Waals surface area contributed by atoms with Gasteiger partial charge in [-0.2, -0.15) is 0 Å². The number of carbonyl (C=O) groups excluding carboxylic acids is 1. The number of rotatable bonds is 4. The van der Waals surface area contributed by atoms with E-state index in [4.69, 9.17) is 0 Å². The zero-order valence-electron chi connectivity index (χ0n) is 9.41. The van der Waals surface area contributed by atoms with Crippen molar-refractivity contribution < 1.29 is 9.53 Å². The minimum Gasteiger partial charge on any atom is -0.465 e. The lowest BCUT2D eigenvalue weighted by molar-refractivity contribution is 0.0601. The van der Waals surface area contributed by atoms with Gasteiger partial charge < -0.3 is 10.1 Å². The predicted molar refractivity (Wildman–Crippen MR) is 61.2 cm³/mol. The molecule has 1 aromatic carbocycles. The second kappa shape index (κ2) is 5.39. The Kier molecular flexibility index (Phi) is 4.16. The monoisotopic (exact) mass is 207 g/mol. The maximum atomic E-state index is 11.2. The van der Waals surface area contributed by atoms with E-state index in [-0.39, 0.29) is 5.97 Å². The lowest BCUT2D eigenvalue weighted by Crippen LogP contribution is -2.13. The van der Waals surface area contributed by atoms with Gasteiger partial charge in [-0.25, -0.2) is 4.79 Å². The molecule has 1 rings (SSSR count). The van der Waals surface area contributed by atoms with Crippen LogP contribution in [0.5, 0.6) is 0 Å². The third kappa shape index (κ3) is 3.27. The van der Waals surface area contributed by atoms with Crippen LogP contribution in [0.15, 0.2) is 24.3 Å². The molecule has 0 amide bonds. The first-order chi connectivity index (χ1) is 7.17. The Balaban J connectivity index is 2.68. The van der Waals surface area contributed by atoms with Crippen molar-refractivity contribution in [3.8, 4) is 0 Å². The van der Waals surface area contributed by atoms with Crippen LogP contribution in [0, 0.1) is 0 Å². The van der Waals surface area contributed by atoms with Gasteiger partial charge in [0.2, 0.25) is 0 Å². The first kappa shape index (κ1) is 11.6. The van der Waals surface area contributed by atoms with Crippen LogP contribution in [0.4, 0.5) is 5.69 Å². The second-order valence-electron chi connectivity index (χ2n) is 3.52. The molecule has 0 aliphatic carbocycles. The molecule has 15 heavy (non-hydrogen) atoms. The summed E-state index contributed by atoms with van der Waals surface area (Å²) in [7, 11) is 1.38. The van der Waals surface area contributed by atoms with Crippen LogP contribution in [-0.4, -0.2) is 19.1 Å². The molecular weight excluding hydrogens is 190 g/mol. The Hall–Kier alpha value is -1.51. The highest BCUT2D eigenvalue weighted by atomic mass is 16.5. The average molecular weight is 207 g/mol. The number of esters is 1. The average Bonchev–Trinajstić information content (AvgIpc) is 2.29. The van der Waals surface area contributed by atoms with Gasteiger partial charge in [0, 0.05) is 11.7 Å². The van der Waals surface area contributed by atoms with E-state index in [9.17, 15) is 4.79 Å². The van der Waals surface area contributed by atoms with Crippen LogP contribution in [0.1, 0.15) is 30.6 Å². The number of hydrogen-bond donors (Lipinski definition) is 1. The van der Waals surface area contributed by atoms with Gasteiger partial charge in [0.05, 0.1) is 12.7 Å². The first-order valence-corrected chi connectivity index (χ1v) is 5.12. The second-order valence-corrected chi connectivity index (χ2v) is 3.52. The highest BCUT2D eigenvalue weighted by Crippen LogP contribution is 2.12. The molecule has 0 saturated carbocycles. The number of benzene rings is 1. The van der Waals surface area contributed by atoms with E-state index in [2.05, 4.69) is 23.9 Å². The molecule has 0 heterocycles. The van der Waals surface area contributed by atoms with Gasteiger partial charge in [0.1, 0.15) is 0 Å². The summed E-state index contributed by atoms with van der Waals surface area (Å²) in [5.74, 6) is -0.301. The predicted octanol–water partition coefficient (Wildman–Crippen LogP) is 2.68. The molecule has 0 radical (unpaired) electrons. The van der Waals surface area contributed by atoms with Gasteiger partial charge in [0.15, 0.2) is 0 Å². The fourth-order valence-electron chi connectivity index (χ4n) is 1.21. The van der Waals surface area contributed by atoms with Gasteiger partial charge >= 0.3 is 5.97 Å². The SMILES string of the molecule is CCC(C)Nc1ccc(C(=O)OC)cc1. The Morgan fingerprint density at radius 3 is 2.47 bits per heavy atom. The summed E-state index contributed by atoms with van der Waals surface area (Å²) in [6, 6.07) is 7.73. The molecule has 1 aromatic rings. The van der Waals surface area contributed by atoms with E-state index in [1.54, 1.807) is 12.1 Å². The third-order valence-electron chi connectivity index (χ3n) is 2.33. The molecule has 1 unspecified atom stereocenters. The van der Waals surface area contributed by atoms with Crippen LogP contribution in [0.25, 0.3) is 0 Å². The molecule has 82 valence electrons. The Bertz CT molecular complexity index is 319. The van der Waals surface area contributed by atoms with Crippen molar-refractivity contribution in [3.63, 3.8) is 0 Å². The van der Waals surface area contributed by atoms with E-state index in [1.807, 2.05) is 12.1 Å². The van der Waals surface area contributed by atoms with Crippen LogP contribution in [-0.2, 0) is 4.74 Å². The van der Waals surface area contributed by atoms with E-state index >= 15 is 0 Å². The van der Waals surface area contributed by atoms with Gasteiger partial charge in [0.25, 0.3) is 0 Å². The van der Waals surface area contributed by atoms with Gasteiger partial charge in [-0.1, -0.05) is 6.92 Å². The van der Waals surface area contributed by atoms with E-state index < -0.39 is 0 Å². The molecule has 0 aromatic heterocycles. The molecule has 0 aliphatic rings. The summed E-state index contributed by atoms with van der Waals surface area (Å²) in [6.45, 7) is 4.24. The van der Waals surface area contributed by atoms with Crippen molar-refractivity contribution in [1.29, 1.82) is 0 Å². The quantitative estimate of drug-likeness (QED) is 0.771. The molecule has 0 aliphatic heterocycles. The highest BCUT2D eigenvalue weighted by molar-refractivity contribution is 5.89. The smallest absolute Gasteiger partial charge is 0.337 e. The molecule has 0 spiro atoms. The first-order valence-electron chi connectivity index (χ1n) is 5.12. The Morgan fingerprint density at radius 2 is 2.00 bits per heavy atom. The van der Waals surface area contributed by atoms with Crippen LogP contribution >= 0.6 is 0 Å². The Labute approximate surface area is 90.4 Å². The van der Waals surface area contributed by atoms with Crippen molar-refractivity contribution in [1.82, 2.24) is 0 Å². The summed E-state index contributed by atoms with van der Waals surface area (Å²) < 4.78 is 4.62. The highest BCUT2D eigenvalue weighted by Gasteiger charge is 2.04. The normalized spacial score (nSPS) is 11.9. The molecule has 1 N–H and O–H groups in total. The number of ether oxygens (including phenoxy) is 1. The largest absolute Gasteiger partial charge is 0.465 e. The summed E-state index contributed by atoms with van der Waals surface area (Å²) in [6.07, 6.45) is 1.07. The van der Waals surface area contributed by atoms with Crippen LogP contribution in [0.3, 0.4) is 0 Å². The number of hydrogen-bond acceptors (Lipinski definition) is 3. The van der Waals surface area contributed by atoms with Crippen molar-refractivity contribution in [3.05, 3.63) is 29.8 Å². The molecule has 0 fully saturated rings. The molecule has 0 bridgehead atoms. The summed E-state index contributed by atoms with van der Waals surface area (Å²) in [5, 5.41) is 3.32. The zero-order valence-corrected chi connectivity index (χ0v) is 9.41. The van der Waals surface area contributed by atoms with Crippen molar-refractivity contribution >= 4 is 11.7 Å². The fourth-order valence-corrected chi connectivity index (χ4v) is 1.21. The summed E-state index contributed by atoms with van der Waals surface area (Å²) >= 11 is 0. The maximum absolute atomic E-state index is 11.2. The van der Waals surface area contributed by atoms with Crippen molar-refractivity contribution in [2.24, 2.45) is 0 Å². The fraction of sp³-hybridized carbons (Fsp3) is 0.417. The Morgan fingerprint density at radius 1 is 1.40 bits per heavy atom. The minimum absolute atomic E-state index is 0.301. The van der Waals surface area contributed by atoms with Gasteiger partial charge in [-0.05, 0) is 37.6 Å². The van der Waals surface area contributed by atoms with E-state index in [0.29, 0.717) is 11.6 Å². The summed E-state index contributed by atoms with van der Waals surface area (Å²) in [5.41, 5.74) is 1.60. The van der Waals surface area contributed by atoms with Crippen LogP contribution < -0.4 is 5.32 Å². The van der Waals surface area contributed by atoms with E-state index in [1.165, 1.54) is 7.11 Å². The number of nitrogens with one attached hydrogen (secondary N) is 1. The topological polar surface area (TPSA) is 38.3 Å². The lowest BCUT2D eigenvalue weighted by atomic mass is 10.2. The number of methoxy groups -OCH3 is 1. The molecule has 3 nitrogen and oxygen atoms in total. The minimum atomic E-state index is -0.301. The lowest BCUT2D eigenvalue weighted by Gasteiger charge is -2.12. The molecular formula is C12H17NO2. The standard InChI is InChI=1S/C12H17NO2/c1-4-9(2)13-11-7-5-10(6-8-11)12(14)15-3/h5-9,13H,4H2,1-3H3.